The molecule has 3 aromatic heterocycles. The van der Waals surface area contributed by atoms with E-state index >= 15 is 0 Å². The standard InChI is InChI=1S/C34H45ClN10O4/c1-22(12-13-46-3)49-33-31(18-44(40-33)26-5-7-27(8-6-26)45-28-9-10-29(45)20-47-19-28)39-34-36-15-25(16-37-34)24-4-11-30(35)32(14-24)48-23(2)17-43-21-38-41-42-43/h4,11,14-16,18,21-23,26-29H,5-10,12-13,17,19-20H2,1-3H3,(H,36,37,39)/t22-,23-,26?,27?,28-,29+/m0/s1. The third-order valence-electron chi connectivity index (χ3n) is 9.82. The number of methoxy groups -OCH3 is 1. The number of aromatic nitrogens is 8. The molecule has 3 fully saturated rings. The number of tetrazole rings is 1. The van der Waals surface area contributed by atoms with E-state index in [1.165, 1.54) is 25.7 Å². The Hall–Kier alpha value is -3.85. The molecular formula is C34H45ClN10O4. The second-order valence-electron chi connectivity index (χ2n) is 13.4. The Balaban J connectivity index is 1.03. The molecule has 1 aromatic carbocycles. The zero-order chi connectivity index (χ0) is 33.7. The highest BCUT2D eigenvalue weighted by atomic mass is 35.5. The molecule has 2 bridgehead atoms. The van der Waals surface area contributed by atoms with E-state index in [4.69, 9.17) is 35.6 Å². The smallest absolute Gasteiger partial charge is 0.257 e. The molecule has 4 aromatic rings. The molecule has 49 heavy (non-hydrogen) atoms. The molecule has 1 saturated carbocycles. The largest absolute Gasteiger partial charge is 0.487 e. The molecule has 14 nitrogen and oxygen atoms in total. The Morgan fingerprint density at radius 2 is 1.67 bits per heavy atom. The van der Waals surface area contributed by atoms with Crippen LogP contribution in [0.25, 0.3) is 11.1 Å². The highest BCUT2D eigenvalue weighted by Gasteiger charge is 2.42. The van der Waals surface area contributed by atoms with Gasteiger partial charge in [0, 0.05) is 56.2 Å². The lowest BCUT2D eigenvalue weighted by Gasteiger charge is -2.43. The van der Waals surface area contributed by atoms with Gasteiger partial charge in [-0.15, -0.1) is 10.2 Å². The summed E-state index contributed by atoms with van der Waals surface area (Å²) in [6.45, 7) is 6.83. The number of hydrogen-bond donors (Lipinski definition) is 1. The number of hydrogen-bond acceptors (Lipinski definition) is 12. The summed E-state index contributed by atoms with van der Waals surface area (Å²) < 4.78 is 27.3. The number of nitrogens with one attached hydrogen (secondary N) is 1. The minimum atomic E-state index is -0.205. The van der Waals surface area contributed by atoms with E-state index in [1.807, 2.05) is 38.2 Å². The Kier molecular flexibility index (Phi) is 10.5. The Morgan fingerprint density at radius 1 is 0.939 bits per heavy atom. The number of rotatable bonds is 14. The summed E-state index contributed by atoms with van der Waals surface area (Å²) in [5.74, 6) is 1.55. The quantitative estimate of drug-likeness (QED) is 0.182. The molecule has 2 saturated heterocycles. The van der Waals surface area contributed by atoms with Crippen molar-refractivity contribution in [3.63, 3.8) is 0 Å². The Bertz CT molecular complexity index is 1630. The van der Waals surface area contributed by atoms with Gasteiger partial charge in [-0.1, -0.05) is 17.7 Å². The van der Waals surface area contributed by atoms with Gasteiger partial charge in [-0.2, -0.15) is 0 Å². The molecule has 3 aliphatic rings. The highest BCUT2D eigenvalue weighted by molar-refractivity contribution is 6.32. The summed E-state index contributed by atoms with van der Waals surface area (Å²) in [5, 5.41) is 20.1. The molecule has 1 N–H and O–H groups in total. The fourth-order valence-corrected chi connectivity index (χ4v) is 7.52. The van der Waals surface area contributed by atoms with Gasteiger partial charge in [0.1, 0.15) is 23.9 Å². The number of nitrogens with zero attached hydrogens (tertiary/aromatic N) is 9. The van der Waals surface area contributed by atoms with Gasteiger partial charge in [-0.3, -0.25) is 9.58 Å². The monoisotopic (exact) mass is 692 g/mol. The summed E-state index contributed by atoms with van der Waals surface area (Å²) in [5.41, 5.74) is 2.44. The third-order valence-corrected chi connectivity index (χ3v) is 10.1. The predicted octanol–water partition coefficient (Wildman–Crippen LogP) is 5.34. The van der Waals surface area contributed by atoms with E-state index < -0.39 is 0 Å². The number of morpholine rings is 1. The van der Waals surface area contributed by atoms with Crippen LogP contribution in [-0.2, 0) is 16.0 Å². The van der Waals surface area contributed by atoms with Gasteiger partial charge in [0.2, 0.25) is 5.95 Å². The molecule has 0 unspecified atom stereocenters. The first-order valence-electron chi connectivity index (χ1n) is 17.3. The Labute approximate surface area is 291 Å². The topological polar surface area (TPSA) is 139 Å². The van der Waals surface area contributed by atoms with Crippen molar-refractivity contribution >= 4 is 23.2 Å². The van der Waals surface area contributed by atoms with Crippen LogP contribution >= 0.6 is 11.6 Å². The number of ether oxygens (including phenoxy) is 4. The van der Waals surface area contributed by atoms with Gasteiger partial charge in [-0.05, 0) is 80.5 Å². The van der Waals surface area contributed by atoms with Crippen molar-refractivity contribution in [1.82, 2.24) is 44.9 Å². The van der Waals surface area contributed by atoms with E-state index in [-0.39, 0.29) is 12.2 Å². The van der Waals surface area contributed by atoms with Crippen LogP contribution in [0.2, 0.25) is 5.02 Å². The zero-order valence-corrected chi connectivity index (χ0v) is 29.1. The van der Waals surface area contributed by atoms with Gasteiger partial charge in [-0.25, -0.2) is 14.6 Å². The van der Waals surface area contributed by atoms with Crippen molar-refractivity contribution in [2.75, 3.05) is 32.2 Å². The van der Waals surface area contributed by atoms with Crippen molar-refractivity contribution in [2.45, 2.75) is 102 Å². The van der Waals surface area contributed by atoms with Crippen molar-refractivity contribution in [3.05, 3.63) is 48.1 Å². The van der Waals surface area contributed by atoms with Crippen molar-refractivity contribution in [3.8, 4) is 22.8 Å². The average molecular weight is 693 g/mol. The van der Waals surface area contributed by atoms with E-state index in [0.29, 0.717) is 59.9 Å². The first-order valence-corrected chi connectivity index (χ1v) is 17.7. The highest BCUT2D eigenvalue weighted by Crippen LogP contribution is 2.40. The van der Waals surface area contributed by atoms with Gasteiger partial charge in [0.05, 0.1) is 43.1 Å². The van der Waals surface area contributed by atoms with E-state index in [0.717, 1.165) is 49.3 Å². The van der Waals surface area contributed by atoms with Crippen LogP contribution in [0, 0.1) is 0 Å². The van der Waals surface area contributed by atoms with E-state index in [9.17, 15) is 0 Å². The number of halogens is 1. The molecule has 262 valence electrons. The lowest BCUT2D eigenvalue weighted by molar-refractivity contribution is -0.0458. The van der Waals surface area contributed by atoms with Crippen LogP contribution in [0.15, 0.2) is 43.1 Å². The molecule has 1 aliphatic carbocycles. The minimum Gasteiger partial charge on any atom is -0.487 e. The normalized spacial score (nSPS) is 23.7. The molecule has 15 heteroatoms. The second-order valence-corrected chi connectivity index (χ2v) is 13.8. The van der Waals surface area contributed by atoms with Crippen molar-refractivity contribution < 1.29 is 18.9 Å². The van der Waals surface area contributed by atoms with Crippen molar-refractivity contribution in [2.24, 2.45) is 0 Å². The summed E-state index contributed by atoms with van der Waals surface area (Å²) in [4.78, 5) is 12.1. The van der Waals surface area contributed by atoms with Crippen LogP contribution < -0.4 is 14.8 Å². The average Bonchev–Trinajstić information content (AvgIpc) is 3.83. The fourth-order valence-electron chi connectivity index (χ4n) is 7.36. The molecule has 4 atom stereocenters. The van der Waals surface area contributed by atoms with Gasteiger partial charge >= 0.3 is 0 Å². The molecule has 0 spiro atoms. The molecule has 0 amide bonds. The third kappa shape index (κ3) is 7.98. The molecule has 0 radical (unpaired) electrons. The SMILES string of the molecule is COCC[C@H](C)Oc1nn(C2CCC(N3[C@@H]4CC[C@H]3COC4)CC2)cc1Nc1ncc(-c2ccc(Cl)c(O[C@@H](C)Cn3cnnn3)c2)cn1. The van der Waals surface area contributed by atoms with Crippen LogP contribution in [0.5, 0.6) is 11.6 Å². The molecular weight excluding hydrogens is 648 g/mol. The lowest BCUT2D eigenvalue weighted by Crippen LogP contribution is -2.52. The predicted molar refractivity (Wildman–Crippen MR) is 183 cm³/mol. The number of anilines is 2. The van der Waals surface area contributed by atoms with Crippen LogP contribution in [0.1, 0.15) is 64.8 Å². The number of fused-ring (bicyclic) bond motifs is 2. The maximum Gasteiger partial charge on any atom is 0.257 e. The van der Waals surface area contributed by atoms with Gasteiger partial charge in [0.15, 0.2) is 0 Å². The Morgan fingerprint density at radius 3 is 2.39 bits per heavy atom. The first-order chi connectivity index (χ1) is 23.9. The second kappa shape index (κ2) is 15.4. The summed E-state index contributed by atoms with van der Waals surface area (Å²) in [6.07, 6.45) is 14.6. The maximum absolute atomic E-state index is 6.47. The van der Waals surface area contributed by atoms with Crippen LogP contribution in [0.4, 0.5) is 11.6 Å². The van der Waals surface area contributed by atoms with Crippen LogP contribution in [0.3, 0.4) is 0 Å². The first kappa shape index (κ1) is 33.6. The lowest BCUT2D eigenvalue weighted by atomic mass is 9.89. The minimum absolute atomic E-state index is 0.0726. The molecule has 5 heterocycles. The summed E-state index contributed by atoms with van der Waals surface area (Å²) in [6, 6.07) is 7.74. The van der Waals surface area contributed by atoms with Crippen LogP contribution in [-0.4, -0.2) is 102 Å². The number of benzene rings is 1. The zero-order valence-electron chi connectivity index (χ0n) is 28.3. The maximum atomic E-state index is 6.47. The summed E-state index contributed by atoms with van der Waals surface area (Å²) in [7, 11) is 1.70. The fraction of sp³-hybridized carbons (Fsp3) is 0.588. The van der Waals surface area contributed by atoms with E-state index in [1.54, 1.807) is 30.5 Å². The molecule has 2 aliphatic heterocycles. The van der Waals surface area contributed by atoms with E-state index in [2.05, 4.69) is 40.4 Å². The van der Waals surface area contributed by atoms with Gasteiger partial charge < -0.3 is 24.3 Å². The van der Waals surface area contributed by atoms with Crippen molar-refractivity contribution in [1.29, 1.82) is 0 Å². The van der Waals surface area contributed by atoms with Gasteiger partial charge in [0.25, 0.3) is 5.88 Å². The molecule has 7 rings (SSSR count). The summed E-state index contributed by atoms with van der Waals surface area (Å²) >= 11 is 6.47.